The molecule has 6 heteroatoms. The van der Waals surface area contributed by atoms with Crippen molar-refractivity contribution in [3.8, 4) is 0 Å². The van der Waals surface area contributed by atoms with E-state index >= 15 is 0 Å². The van der Waals surface area contributed by atoms with Crippen LogP contribution in [0.5, 0.6) is 0 Å². The van der Waals surface area contributed by atoms with E-state index in [-0.39, 0.29) is 0 Å². The fourth-order valence-electron chi connectivity index (χ4n) is 1.87. The fraction of sp³-hybridized carbons (Fsp3) is 0.583. The van der Waals surface area contributed by atoms with Crippen molar-refractivity contribution in [3.63, 3.8) is 0 Å². The van der Waals surface area contributed by atoms with E-state index in [0.717, 1.165) is 48.5 Å². The SMILES string of the molecule is Cc1noc(C)c1Cn1cc(CCCCN)nn1. The van der Waals surface area contributed by atoms with Gasteiger partial charge in [-0.15, -0.1) is 5.10 Å². The van der Waals surface area contributed by atoms with Crippen molar-refractivity contribution in [2.75, 3.05) is 6.54 Å². The third kappa shape index (κ3) is 2.95. The molecule has 2 aromatic heterocycles. The minimum Gasteiger partial charge on any atom is -0.361 e. The zero-order valence-corrected chi connectivity index (χ0v) is 10.9. The van der Waals surface area contributed by atoms with Gasteiger partial charge in [0.15, 0.2) is 0 Å². The number of hydrogen-bond acceptors (Lipinski definition) is 5. The number of aryl methyl sites for hydroxylation is 3. The molecule has 0 fully saturated rings. The van der Waals surface area contributed by atoms with Crippen molar-refractivity contribution < 1.29 is 4.52 Å². The molecule has 0 amide bonds. The summed E-state index contributed by atoms with van der Waals surface area (Å²) < 4.78 is 6.95. The van der Waals surface area contributed by atoms with Gasteiger partial charge >= 0.3 is 0 Å². The third-order valence-corrected chi connectivity index (χ3v) is 2.97. The summed E-state index contributed by atoms with van der Waals surface area (Å²) in [6, 6.07) is 0. The minimum atomic E-state index is 0.658. The van der Waals surface area contributed by atoms with E-state index in [4.69, 9.17) is 10.3 Å². The molecule has 2 heterocycles. The van der Waals surface area contributed by atoms with Gasteiger partial charge < -0.3 is 10.3 Å². The van der Waals surface area contributed by atoms with Gasteiger partial charge in [-0.25, -0.2) is 4.68 Å². The van der Waals surface area contributed by atoms with Gasteiger partial charge in [0.05, 0.1) is 17.9 Å². The zero-order valence-electron chi connectivity index (χ0n) is 10.9. The van der Waals surface area contributed by atoms with E-state index in [1.165, 1.54) is 0 Å². The van der Waals surface area contributed by atoms with Crippen LogP contribution in [0.1, 0.15) is 35.6 Å². The van der Waals surface area contributed by atoms with Crippen LogP contribution in [0.15, 0.2) is 10.7 Å². The van der Waals surface area contributed by atoms with E-state index in [2.05, 4.69) is 15.5 Å². The van der Waals surface area contributed by atoms with Crippen molar-refractivity contribution in [1.29, 1.82) is 0 Å². The van der Waals surface area contributed by atoms with Crippen LogP contribution in [0.25, 0.3) is 0 Å². The predicted molar refractivity (Wildman–Crippen MR) is 67.1 cm³/mol. The second-order valence-electron chi connectivity index (χ2n) is 4.46. The molecule has 2 aromatic rings. The summed E-state index contributed by atoms with van der Waals surface area (Å²) in [6.45, 7) is 5.23. The number of nitrogens with zero attached hydrogens (tertiary/aromatic N) is 4. The Morgan fingerprint density at radius 1 is 1.33 bits per heavy atom. The average Bonchev–Trinajstić information content (AvgIpc) is 2.92. The number of rotatable bonds is 6. The van der Waals surface area contributed by atoms with Crippen LogP contribution in [0.4, 0.5) is 0 Å². The van der Waals surface area contributed by atoms with E-state index in [1.807, 2.05) is 24.7 Å². The Morgan fingerprint density at radius 2 is 2.17 bits per heavy atom. The molecule has 0 aliphatic rings. The summed E-state index contributed by atoms with van der Waals surface area (Å²) in [5.74, 6) is 0.840. The second kappa shape index (κ2) is 5.77. The van der Waals surface area contributed by atoms with Crippen molar-refractivity contribution in [1.82, 2.24) is 20.2 Å². The van der Waals surface area contributed by atoms with Gasteiger partial charge in [0.25, 0.3) is 0 Å². The summed E-state index contributed by atoms with van der Waals surface area (Å²) in [5, 5.41) is 12.2. The molecule has 0 aliphatic carbocycles. The lowest BCUT2D eigenvalue weighted by atomic mass is 10.2. The Kier molecular flexibility index (Phi) is 4.09. The maximum Gasteiger partial charge on any atom is 0.138 e. The number of aromatic nitrogens is 4. The van der Waals surface area contributed by atoms with E-state index in [9.17, 15) is 0 Å². The molecule has 0 spiro atoms. The van der Waals surface area contributed by atoms with Crippen molar-refractivity contribution in [2.45, 2.75) is 39.7 Å². The molecule has 0 unspecified atom stereocenters. The molecule has 0 atom stereocenters. The maximum absolute atomic E-state index is 5.46. The highest BCUT2D eigenvalue weighted by Crippen LogP contribution is 2.13. The molecule has 0 saturated carbocycles. The molecular weight excluding hydrogens is 230 g/mol. The Morgan fingerprint density at radius 3 is 2.83 bits per heavy atom. The first kappa shape index (κ1) is 12.8. The molecule has 0 aromatic carbocycles. The Hall–Kier alpha value is -1.69. The summed E-state index contributed by atoms with van der Waals surface area (Å²) in [4.78, 5) is 0. The highest BCUT2D eigenvalue weighted by Gasteiger charge is 2.10. The largest absolute Gasteiger partial charge is 0.361 e. The molecule has 0 aliphatic heterocycles. The molecule has 2 N–H and O–H groups in total. The molecule has 0 radical (unpaired) electrons. The van der Waals surface area contributed by atoms with Gasteiger partial charge in [-0.2, -0.15) is 0 Å². The van der Waals surface area contributed by atoms with E-state index in [1.54, 1.807) is 0 Å². The first-order valence-corrected chi connectivity index (χ1v) is 6.21. The van der Waals surface area contributed by atoms with Crippen molar-refractivity contribution in [2.24, 2.45) is 5.73 Å². The van der Waals surface area contributed by atoms with Crippen LogP contribution in [-0.4, -0.2) is 26.7 Å². The van der Waals surface area contributed by atoms with Crippen LogP contribution < -0.4 is 5.73 Å². The van der Waals surface area contributed by atoms with Crippen LogP contribution >= 0.6 is 0 Å². The Labute approximate surface area is 106 Å². The lowest BCUT2D eigenvalue weighted by Crippen LogP contribution is -2.02. The first-order chi connectivity index (χ1) is 8.70. The summed E-state index contributed by atoms with van der Waals surface area (Å²) in [5.41, 5.74) is 8.46. The minimum absolute atomic E-state index is 0.658. The number of hydrogen-bond donors (Lipinski definition) is 1. The Bertz CT molecular complexity index is 483. The lowest BCUT2D eigenvalue weighted by molar-refractivity contribution is 0.391. The normalized spacial score (nSPS) is 11.1. The molecule has 0 bridgehead atoms. The van der Waals surface area contributed by atoms with Crippen molar-refractivity contribution >= 4 is 0 Å². The lowest BCUT2D eigenvalue weighted by Gasteiger charge is -1.98. The highest BCUT2D eigenvalue weighted by atomic mass is 16.5. The molecule has 6 nitrogen and oxygen atoms in total. The molecule has 0 saturated heterocycles. The average molecular weight is 249 g/mol. The third-order valence-electron chi connectivity index (χ3n) is 2.97. The number of nitrogens with two attached hydrogens (primary N) is 1. The van der Waals surface area contributed by atoms with Crippen molar-refractivity contribution in [3.05, 3.63) is 28.9 Å². The van der Waals surface area contributed by atoms with Crippen LogP contribution in [0.2, 0.25) is 0 Å². The molecule has 2 rings (SSSR count). The zero-order chi connectivity index (χ0) is 13.0. The van der Waals surface area contributed by atoms with E-state index in [0.29, 0.717) is 6.54 Å². The Balaban J connectivity index is 1.98. The quantitative estimate of drug-likeness (QED) is 0.778. The summed E-state index contributed by atoms with van der Waals surface area (Å²) in [7, 11) is 0. The van der Waals surface area contributed by atoms with Gasteiger partial charge in [0, 0.05) is 11.8 Å². The molecule has 98 valence electrons. The summed E-state index contributed by atoms with van der Waals surface area (Å²) in [6.07, 6.45) is 4.98. The van der Waals surface area contributed by atoms with Gasteiger partial charge in [-0.05, 0) is 39.7 Å². The number of unbranched alkanes of at least 4 members (excludes halogenated alkanes) is 1. The monoisotopic (exact) mass is 249 g/mol. The highest BCUT2D eigenvalue weighted by molar-refractivity contribution is 5.20. The van der Waals surface area contributed by atoms with Gasteiger partial charge in [0.1, 0.15) is 5.76 Å². The molecular formula is C12H19N5O. The smallest absolute Gasteiger partial charge is 0.138 e. The fourth-order valence-corrected chi connectivity index (χ4v) is 1.87. The topological polar surface area (TPSA) is 82.8 Å². The first-order valence-electron chi connectivity index (χ1n) is 6.21. The predicted octanol–water partition coefficient (Wildman–Crippen LogP) is 1.21. The van der Waals surface area contributed by atoms with Gasteiger partial charge in [0.2, 0.25) is 0 Å². The van der Waals surface area contributed by atoms with Crippen LogP contribution in [0.3, 0.4) is 0 Å². The standard InChI is InChI=1S/C12H19N5O/c1-9-12(10(2)18-15-9)8-17-7-11(14-16-17)5-3-4-6-13/h7H,3-6,8,13H2,1-2H3. The maximum atomic E-state index is 5.46. The van der Waals surface area contributed by atoms with E-state index < -0.39 is 0 Å². The van der Waals surface area contributed by atoms with Crippen LogP contribution in [0, 0.1) is 13.8 Å². The second-order valence-corrected chi connectivity index (χ2v) is 4.46. The summed E-state index contributed by atoms with van der Waals surface area (Å²) >= 11 is 0. The van der Waals surface area contributed by atoms with Gasteiger partial charge in [-0.1, -0.05) is 10.4 Å². The van der Waals surface area contributed by atoms with Gasteiger partial charge in [-0.3, -0.25) is 0 Å². The molecule has 18 heavy (non-hydrogen) atoms. The van der Waals surface area contributed by atoms with Crippen LogP contribution in [-0.2, 0) is 13.0 Å².